The summed E-state index contributed by atoms with van der Waals surface area (Å²) in [6.45, 7) is 1.82. The Morgan fingerprint density at radius 2 is 1.73 bits per heavy atom. The second-order valence-corrected chi connectivity index (χ2v) is 6.79. The second-order valence-electron chi connectivity index (χ2n) is 6.44. The highest BCUT2D eigenvalue weighted by Crippen LogP contribution is 2.68. The second kappa shape index (κ2) is 5.22. The lowest BCUT2D eigenvalue weighted by Gasteiger charge is -2.31. The molecule has 1 aliphatic carbocycles. The minimum absolute atomic E-state index is 0.101. The van der Waals surface area contributed by atoms with Crippen molar-refractivity contribution < 1.29 is 4.79 Å². The summed E-state index contributed by atoms with van der Waals surface area (Å²) < 4.78 is 0. The molecule has 4 rings (SSSR count). The zero-order valence-corrected chi connectivity index (χ0v) is 13.0. The van der Waals surface area contributed by atoms with Crippen LogP contribution in [0, 0.1) is 11.3 Å². The molecular weight excluding hydrogens is 294 g/mol. The van der Waals surface area contributed by atoms with E-state index in [0.29, 0.717) is 5.92 Å². The van der Waals surface area contributed by atoms with Crippen LogP contribution in [-0.2, 0) is 11.3 Å². The molecule has 3 heteroatoms. The molecule has 0 spiro atoms. The van der Waals surface area contributed by atoms with E-state index in [0.717, 1.165) is 19.5 Å². The molecule has 1 heterocycles. The number of hydrogen-bond acceptors (Lipinski definition) is 2. The van der Waals surface area contributed by atoms with Gasteiger partial charge in [0.1, 0.15) is 0 Å². The number of rotatable bonds is 4. The molecule has 3 atom stereocenters. The summed E-state index contributed by atoms with van der Waals surface area (Å²) in [6, 6.07) is 20.9. The molecule has 0 bridgehead atoms. The van der Waals surface area contributed by atoms with E-state index < -0.39 is 0 Å². The van der Waals surface area contributed by atoms with Crippen molar-refractivity contribution in [1.82, 2.24) is 4.90 Å². The van der Waals surface area contributed by atoms with Crippen LogP contribution in [-0.4, -0.2) is 16.7 Å². The first kappa shape index (κ1) is 14.0. The van der Waals surface area contributed by atoms with Gasteiger partial charge in [-0.25, -0.2) is 0 Å². The van der Waals surface area contributed by atoms with E-state index in [-0.39, 0.29) is 16.7 Å². The first-order chi connectivity index (χ1) is 10.7. The largest absolute Gasteiger partial charge is 0.291 e. The molecular formula is C19H18ClNO. The van der Waals surface area contributed by atoms with Gasteiger partial charge in [-0.2, -0.15) is 0 Å². The summed E-state index contributed by atoms with van der Waals surface area (Å²) in [4.78, 5) is 14.5. The molecule has 2 aromatic carbocycles. The van der Waals surface area contributed by atoms with Crippen LogP contribution in [0.4, 0.5) is 0 Å². The van der Waals surface area contributed by atoms with Crippen molar-refractivity contribution in [2.24, 2.45) is 11.3 Å². The molecule has 2 fully saturated rings. The monoisotopic (exact) mass is 311 g/mol. The van der Waals surface area contributed by atoms with Crippen LogP contribution in [0.2, 0.25) is 0 Å². The molecule has 1 saturated carbocycles. The number of nitrogens with zero attached hydrogens (tertiary/aromatic N) is 1. The minimum atomic E-state index is -0.363. The van der Waals surface area contributed by atoms with Crippen LogP contribution in [0.5, 0.6) is 0 Å². The van der Waals surface area contributed by atoms with E-state index in [1.807, 2.05) is 24.3 Å². The number of likely N-dealkylation sites (tertiary alicyclic amines) is 1. The fourth-order valence-corrected chi connectivity index (χ4v) is 4.43. The molecule has 2 nitrogen and oxygen atoms in total. The van der Waals surface area contributed by atoms with Crippen molar-refractivity contribution in [3.63, 3.8) is 0 Å². The lowest BCUT2D eigenvalue weighted by atomic mass is 9.90. The summed E-state index contributed by atoms with van der Waals surface area (Å²) >= 11 is 6.01. The average Bonchev–Trinajstić information content (AvgIpc) is 3.16. The van der Waals surface area contributed by atoms with E-state index in [4.69, 9.17) is 11.6 Å². The van der Waals surface area contributed by atoms with Crippen molar-refractivity contribution in [2.75, 3.05) is 6.54 Å². The van der Waals surface area contributed by atoms with Crippen molar-refractivity contribution in [1.29, 1.82) is 0 Å². The Bertz CT molecular complexity index is 687. The van der Waals surface area contributed by atoms with Gasteiger partial charge >= 0.3 is 0 Å². The number of piperidine rings is 1. The topological polar surface area (TPSA) is 20.3 Å². The van der Waals surface area contributed by atoms with E-state index in [1.54, 1.807) is 0 Å². The zero-order valence-electron chi connectivity index (χ0n) is 12.3. The van der Waals surface area contributed by atoms with Crippen molar-refractivity contribution in [3.05, 3.63) is 71.8 Å². The number of halogens is 1. The van der Waals surface area contributed by atoms with Gasteiger partial charge in [0.15, 0.2) is 0 Å². The van der Waals surface area contributed by atoms with Crippen LogP contribution in [0.15, 0.2) is 60.7 Å². The Balaban J connectivity index is 1.69. The predicted molar refractivity (Wildman–Crippen MR) is 87.4 cm³/mol. The van der Waals surface area contributed by atoms with Crippen LogP contribution in [0.1, 0.15) is 23.6 Å². The summed E-state index contributed by atoms with van der Waals surface area (Å²) in [5.74, 6) is 0.409. The van der Waals surface area contributed by atoms with Crippen LogP contribution < -0.4 is 0 Å². The van der Waals surface area contributed by atoms with Crippen LogP contribution in [0.3, 0.4) is 0 Å². The standard InChI is InChI=1S/C19H18ClNO/c20-18(22)19-11-16(19)13-21(12-14-7-3-1-4-8-14)17(19)15-9-5-2-6-10-15/h1-10,16-17H,11-13H2/t16?,17-,19-/m0/s1. The quantitative estimate of drug-likeness (QED) is 0.795. The van der Waals surface area contributed by atoms with Gasteiger partial charge in [-0.05, 0) is 35.1 Å². The molecule has 0 N–H and O–H groups in total. The molecule has 2 aromatic rings. The summed E-state index contributed by atoms with van der Waals surface area (Å²) in [5.41, 5.74) is 2.12. The summed E-state index contributed by atoms with van der Waals surface area (Å²) in [6.07, 6.45) is 0.931. The normalized spacial score (nSPS) is 30.0. The van der Waals surface area contributed by atoms with Gasteiger partial charge in [0.2, 0.25) is 5.24 Å². The van der Waals surface area contributed by atoms with Crippen molar-refractivity contribution >= 4 is 16.8 Å². The number of benzene rings is 2. The maximum Gasteiger partial charge on any atom is 0.230 e. The minimum Gasteiger partial charge on any atom is -0.291 e. The zero-order chi connectivity index (χ0) is 15.2. The molecule has 1 saturated heterocycles. The molecule has 1 aliphatic heterocycles. The average molecular weight is 312 g/mol. The van der Waals surface area contributed by atoms with Gasteiger partial charge in [0, 0.05) is 19.1 Å². The van der Waals surface area contributed by atoms with Crippen molar-refractivity contribution in [3.8, 4) is 0 Å². The maximum absolute atomic E-state index is 12.1. The highest BCUT2D eigenvalue weighted by atomic mass is 35.5. The molecule has 0 aromatic heterocycles. The van der Waals surface area contributed by atoms with E-state index in [1.165, 1.54) is 11.1 Å². The van der Waals surface area contributed by atoms with Crippen LogP contribution >= 0.6 is 11.6 Å². The van der Waals surface area contributed by atoms with Crippen LogP contribution in [0.25, 0.3) is 0 Å². The first-order valence-corrected chi connectivity index (χ1v) is 8.12. The summed E-state index contributed by atoms with van der Waals surface area (Å²) in [7, 11) is 0. The number of carbonyl (C=O) groups excluding carboxylic acids is 1. The van der Waals surface area contributed by atoms with Gasteiger partial charge in [0.05, 0.1) is 5.41 Å². The Labute approximate surface area is 135 Å². The van der Waals surface area contributed by atoms with Gasteiger partial charge in [-0.1, -0.05) is 60.7 Å². The van der Waals surface area contributed by atoms with Crippen molar-refractivity contribution in [2.45, 2.75) is 19.0 Å². The molecule has 0 amide bonds. The Morgan fingerprint density at radius 3 is 2.36 bits per heavy atom. The smallest absolute Gasteiger partial charge is 0.230 e. The highest BCUT2D eigenvalue weighted by Gasteiger charge is 2.69. The van der Waals surface area contributed by atoms with E-state index >= 15 is 0 Å². The van der Waals surface area contributed by atoms with Gasteiger partial charge < -0.3 is 0 Å². The van der Waals surface area contributed by atoms with E-state index in [2.05, 4.69) is 41.3 Å². The number of hydrogen-bond donors (Lipinski definition) is 0. The highest BCUT2D eigenvalue weighted by molar-refractivity contribution is 6.65. The summed E-state index contributed by atoms with van der Waals surface area (Å²) in [5, 5.41) is -0.165. The third-order valence-corrected chi connectivity index (χ3v) is 5.52. The fourth-order valence-electron chi connectivity index (χ4n) is 4.09. The Morgan fingerprint density at radius 1 is 1.09 bits per heavy atom. The van der Waals surface area contributed by atoms with Gasteiger partial charge in [-0.15, -0.1) is 0 Å². The molecule has 22 heavy (non-hydrogen) atoms. The Hall–Kier alpha value is -1.64. The third-order valence-electron chi connectivity index (χ3n) is 5.17. The lowest BCUT2D eigenvalue weighted by Crippen LogP contribution is -2.31. The van der Waals surface area contributed by atoms with Gasteiger partial charge in [-0.3, -0.25) is 9.69 Å². The van der Waals surface area contributed by atoms with E-state index in [9.17, 15) is 4.79 Å². The third kappa shape index (κ3) is 2.10. The number of fused-ring (bicyclic) bond motifs is 1. The molecule has 112 valence electrons. The number of carbonyl (C=O) groups is 1. The molecule has 1 unspecified atom stereocenters. The maximum atomic E-state index is 12.1. The van der Waals surface area contributed by atoms with Gasteiger partial charge in [0.25, 0.3) is 0 Å². The first-order valence-electron chi connectivity index (χ1n) is 7.74. The fraction of sp³-hybridized carbons (Fsp3) is 0.316. The molecule has 0 radical (unpaired) electrons. The molecule has 2 aliphatic rings. The predicted octanol–water partition coefficient (Wildman–Crippen LogP) is 4.02. The Kier molecular flexibility index (Phi) is 3.32. The lowest BCUT2D eigenvalue weighted by molar-refractivity contribution is -0.118. The SMILES string of the molecule is O=C(Cl)[C@@]12CC1CN(Cc1ccccc1)[C@H]2c1ccccc1.